The van der Waals surface area contributed by atoms with Crippen LogP contribution in [0.1, 0.15) is 11.1 Å². The number of pyridine rings is 2. The van der Waals surface area contributed by atoms with E-state index >= 15 is 0 Å². The smallest absolute Gasteiger partial charge is 0.180 e. The summed E-state index contributed by atoms with van der Waals surface area (Å²) in [6.07, 6.45) is 8.29. The van der Waals surface area contributed by atoms with Gasteiger partial charge < -0.3 is 10.3 Å². The van der Waals surface area contributed by atoms with Gasteiger partial charge in [-0.2, -0.15) is 0 Å². The van der Waals surface area contributed by atoms with E-state index in [0.717, 1.165) is 35.7 Å². The van der Waals surface area contributed by atoms with E-state index in [2.05, 4.69) is 51.6 Å². The number of H-pyrrole nitrogens is 1. The molecule has 5 rings (SSSR count). The normalized spacial score (nSPS) is 11.0. The third-order valence-corrected chi connectivity index (χ3v) is 5.20. The molecular formula is C25H22N6. The molecule has 1 aromatic carbocycles. The van der Waals surface area contributed by atoms with E-state index in [-0.39, 0.29) is 0 Å². The number of fused-ring (bicyclic) bond motifs is 1. The molecule has 0 radical (unpaired) electrons. The van der Waals surface area contributed by atoms with Crippen molar-refractivity contribution in [3.05, 3.63) is 90.5 Å². The molecule has 31 heavy (non-hydrogen) atoms. The van der Waals surface area contributed by atoms with Gasteiger partial charge in [0.05, 0.1) is 5.69 Å². The molecule has 0 aliphatic carbocycles. The molecule has 0 unspecified atom stereocenters. The fraction of sp³-hybridized carbons (Fsp3) is 0.120. The van der Waals surface area contributed by atoms with E-state index < -0.39 is 0 Å². The van der Waals surface area contributed by atoms with Crippen molar-refractivity contribution in [1.82, 2.24) is 24.9 Å². The number of aromatic amines is 1. The lowest BCUT2D eigenvalue weighted by Crippen LogP contribution is -2.08. The van der Waals surface area contributed by atoms with Crippen LogP contribution in [0.4, 0.5) is 5.82 Å². The number of anilines is 1. The SMILES string of the molecule is Cc1ccc2c(CCNc3cc(-c4cccnc4)nc(-c4ccccn4)n3)c[nH]c2c1. The quantitative estimate of drug-likeness (QED) is 0.413. The van der Waals surface area contributed by atoms with Gasteiger partial charge in [-0.1, -0.05) is 18.2 Å². The van der Waals surface area contributed by atoms with Gasteiger partial charge in [0.2, 0.25) is 0 Å². The molecule has 0 saturated heterocycles. The maximum Gasteiger partial charge on any atom is 0.180 e. The fourth-order valence-corrected chi connectivity index (χ4v) is 3.64. The van der Waals surface area contributed by atoms with Crippen LogP contribution in [0.5, 0.6) is 0 Å². The largest absolute Gasteiger partial charge is 0.370 e. The molecule has 6 heteroatoms. The molecule has 0 aliphatic rings. The van der Waals surface area contributed by atoms with Gasteiger partial charge in [0.15, 0.2) is 5.82 Å². The summed E-state index contributed by atoms with van der Waals surface area (Å²) in [5.74, 6) is 1.36. The first-order chi connectivity index (χ1) is 15.3. The van der Waals surface area contributed by atoms with Crippen molar-refractivity contribution in [3.8, 4) is 22.8 Å². The van der Waals surface area contributed by atoms with Gasteiger partial charge >= 0.3 is 0 Å². The minimum absolute atomic E-state index is 0.590. The summed E-state index contributed by atoms with van der Waals surface area (Å²) in [5.41, 5.74) is 6.21. The second-order valence-corrected chi connectivity index (χ2v) is 7.46. The number of benzene rings is 1. The Bertz CT molecular complexity index is 1250. The maximum atomic E-state index is 4.72. The van der Waals surface area contributed by atoms with Crippen LogP contribution in [0.3, 0.4) is 0 Å². The lowest BCUT2D eigenvalue weighted by Gasteiger charge is -2.10. The Balaban J connectivity index is 1.41. The highest BCUT2D eigenvalue weighted by atomic mass is 15.0. The molecule has 0 aliphatic heterocycles. The molecule has 0 fully saturated rings. The van der Waals surface area contributed by atoms with Gasteiger partial charge in [0.1, 0.15) is 11.5 Å². The van der Waals surface area contributed by atoms with Crippen LogP contribution < -0.4 is 5.32 Å². The number of hydrogen-bond donors (Lipinski definition) is 2. The van der Waals surface area contributed by atoms with Crippen LogP contribution in [-0.2, 0) is 6.42 Å². The zero-order chi connectivity index (χ0) is 21.0. The van der Waals surface area contributed by atoms with Crippen molar-refractivity contribution in [1.29, 1.82) is 0 Å². The van der Waals surface area contributed by atoms with Crippen molar-refractivity contribution in [2.75, 3.05) is 11.9 Å². The molecule has 0 amide bonds. The van der Waals surface area contributed by atoms with E-state index in [4.69, 9.17) is 9.97 Å². The third kappa shape index (κ3) is 4.14. The van der Waals surface area contributed by atoms with Crippen molar-refractivity contribution in [2.45, 2.75) is 13.3 Å². The average molecular weight is 406 g/mol. The van der Waals surface area contributed by atoms with Crippen molar-refractivity contribution in [2.24, 2.45) is 0 Å². The van der Waals surface area contributed by atoms with Crippen LogP contribution >= 0.6 is 0 Å². The van der Waals surface area contributed by atoms with Crippen LogP contribution in [0, 0.1) is 6.92 Å². The first kappa shape index (κ1) is 18.9. The summed E-state index contributed by atoms with van der Waals surface area (Å²) in [5, 5.41) is 4.73. The Hall–Kier alpha value is -4.06. The van der Waals surface area contributed by atoms with Crippen molar-refractivity contribution >= 4 is 16.7 Å². The van der Waals surface area contributed by atoms with Gasteiger partial charge in [-0.15, -0.1) is 0 Å². The topological polar surface area (TPSA) is 79.4 Å². The Morgan fingerprint density at radius 3 is 2.74 bits per heavy atom. The van der Waals surface area contributed by atoms with Crippen molar-refractivity contribution < 1.29 is 0 Å². The average Bonchev–Trinajstić information content (AvgIpc) is 3.22. The molecule has 4 aromatic heterocycles. The summed E-state index contributed by atoms with van der Waals surface area (Å²) in [6, 6.07) is 18.1. The van der Waals surface area contributed by atoms with Gasteiger partial charge in [0, 0.05) is 53.9 Å². The zero-order valence-corrected chi connectivity index (χ0v) is 17.2. The molecule has 5 aromatic rings. The van der Waals surface area contributed by atoms with Crippen LogP contribution in [-0.4, -0.2) is 31.5 Å². The molecule has 0 saturated carbocycles. The molecule has 0 atom stereocenters. The Kier molecular flexibility index (Phi) is 5.10. The third-order valence-electron chi connectivity index (χ3n) is 5.20. The highest BCUT2D eigenvalue weighted by Crippen LogP contribution is 2.24. The Morgan fingerprint density at radius 2 is 1.90 bits per heavy atom. The number of hydrogen-bond acceptors (Lipinski definition) is 5. The standard InChI is InChI=1S/C25H22N6/c1-17-7-8-20-18(16-29-23(20)13-17)9-12-28-24-14-22(19-5-4-10-26-15-19)30-25(31-24)21-6-2-3-11-27-21/h2-8,10-11,13-16,29H,9,12H2,1H3,(H,28,30,31). The first-order valence-corrected chi connectivity index (χ1v) is 10.3. The highest BCUT2D eigenvalue weighted by molar-refractivity contribution is 5.83. The zero-order valence-electron chi connectivity index (χ0n) is 17.2. The van der Waals surface area contributed by atoms with Crippen LogP contribution in [0.2, 0.25) is 0 Å². The number of nitrogens with zero attached hydrogens (tertiary/aromatic N) is 4. The molecular weight excluding hydrogens is 384 g/mol. The lowest BCUT2D eigenvalue weighted by atomic mass is 10.1. The molecule has 152 valence electrons. The number of aromatic nitrogens is 5. The summed E-state index contributed by atoms with van der Waals surface area (Å²) in [4.78, 5) is 21.4. The Labute approximate surface area is 180 Å². The number of aryl methyl sites for hydroxylation is 1. The summed E-state index contributed by atoms with van der Waals surface area (Å²) >= 11 is 0. The monoisotopic (exact) mass is 406 g/mol. The first-order valence-electron chi connectivity index (χ1n) is 10.3. The van der Waals surface area contributed by atoms with Gasteiger partial charge in [-0.3, -0.25) is 9.97 Å². The van der Waals surface area contributed by atoms with Gasteiger partial charge in [0.25, 0.3) is 0 Å². The van der Waals surface area contributed by atoms with Crippen LogP contribution in [0.15, 0.2) is 79.4 Å². The lowest BCUT2D eigenvalue weighted by molar-refractivity contribution is 1.01. The van der Waals surface area contributed by atoms with Crippen molar-refractivity contribution in [3.63, 3.8) is 0 Å². The van der Waals surface area contributed by atoms with E-state index in [0.29, 0.717) is 5.82 Å². The summed E-state index contributed by atoms with van der Waals surface area (Å²) in [7, 11) is 0. The molecule has 2 N–H and O–H groups in total. The summed E-state index contributed by atoms with van der Waals surface area (Å²) < 4.78 is 0. The molecule has 0 spiro atoms. The minimum Gasteiger partial charge on any atom is -0.370 e. The predicted octanol–water partition coefficient (Wildman–Crippen LogP) is 5.04. The number of nitrogens with one attached hydrogen (secondary N) is 2. The minimum atomic E-state index is 0.590. The highest BCUT2D eigenvalue weighted by Gasteiger charge is 2.10. The summed E-state index contributed by atoms with van der Waals surface area (Å²) in [6.45, 7) is 2.86. The van der Waals surface area contributed by atoms with E-state index in [1.165, 1.54) is 22.0 Å². The fourth-order valence-electron chi connectivity index (χ4n) is 3.64. The van der Waals surface area contributed by atoms with Crippen LogP contribution in [0.25, 0.3) is 33.7 Å². The molecule has 6 nitrogen and oxygen atoms in total. The van der Waals surface area contributed by atoms with E-state index in [1.54, 1.807) is 12.4 Å². The van der Waals surface area contributed by atoms with Gasteiger partial charge in [-0.25, -0.2) is 9.97 Å². The van der Waals surface area contributed by atoms with E-state index in [1.807, 2.05) is 42.6 Å². The Morgan fingerprint density at radius 1 is 0.935 bits per heavy atom. The number of rotatable bonds is 6. The van der Waals surface area contributed by atoms with Gasteiger partial charge in [-0.05, 0) is 54.8 Å². The second kappa shape index (κ2) is 8.36. The predicted molar refractivity (Wildman–Crippen MR) is 124 cm³/mol. The van der Waals surface area contributed by atoms with E-state index in [9.17, 15) is 0 Å². The molecule has 0 bridgehead atoms. The molecule has 4 heterocycles. The second-order valence-electron chi connectivity index (χ2n) is 7.46. The maximum absolute atomic E-state index is 4.72.